The molecule has 3 N–H and O–H groups in total. The van der Waals surface area contributed by atoms with Crippen LogP contribution in [0.3, 0.4) is 0 Å². The number of rotatable bonds is 4. The predicted molar refractivity (Wildman–Crippen MR) is 55.9 cm³/mol. The number of hydrogen-bond donors (Lipinski definition) is 3. The van der Waals surface area contributed by atoms with Crippen molar-refractivity contribution in [1.82, 2.24) is 5.32 Å². The highest BCUT2D eigenvalue weighted by Crippen LogP contribution is 2.22. The van der Waals surface area contributed by atoms with Gasteiger partial charge in [0.25, 0.3) is 0 Å². The number of benzene rings is 1. The molecule has 0 spiro atoms. The third-order valence-electron chi connectivity index (χ3n) is 2.23. The van der Waals surface area contributed by atoms with E-state index >= 15 is 0 Å². The van der Waals surface area contributed by atoms with Crippen molar-refractivity contribution in [2.75, 3.05) is 6.73 Å². The van der Waals surface area contributed by atoms with Crippen LogP contribution in [0.2, 0.25) is 0 Å². The minimum Gasteiger partial charge on any atom is -0.508 e. The molecule has 1 rings (SSSR count). The van der Waals surface area contributed by atoms with Gasteiger partial charge in [0.2, 0.25) is 0 Å². The minimum absolute atomic E-state index is 0.0380. The van der Waals surface area contributed by atoms with Crippen LogP contribution in [0.15, 0.2) is 24.3 Å². The molecule has 1 aromatic carbocycles. The fraction of sp³-hybridized carbons (Fsp3) is 0.455. The molecule has 3 heteroatoms. The van der Waals surface area contributed by atoms with Gasteiger partial charge in [-0.15, -0.1) is 0 Å². The summed E-state index contributed by atoms with van der Waals surface area (Å²) >= 11 is 0. The smallest absolute Gasteiger partial charge is 0.115 e. The first-order chi connectivity index (χ1) is 6.65. The molecule has 3 nitrogen and oxygen atoms in total. The maximum absolute atomic E-state index is 9.14. The molecule has 0 fully saturated rings. The van der Waals surface area contributed by atoms with Gasteiger partial charge < -0.3 is 10.2 Å². The van der Waals surface area contributed by atoms with E-state index in [-0.39, 0.29) is 18.5 Å². The molecule has 0 radical (unpaired) electrons. The van der Waals surface area contributed by atoms with Crippen LogP contribution in [0.25, 0.3) is 0 Å². The Morgan fingerprint density at radius 1 is 1.21 bits per heavy atom. The van der Waals surface area contributed by atoms with Crippen LogP contribution >= 0.6 is 0 Å². The molecule has 1 aromatic rings. The Morgan fingerprint density at radius 3 is 2.21 bits per heavy atom. The molecule has 0 heterocycles. The summed E-state index contributed by atoms with van der Waals surface area (Å²) in [6, 6.07) is 7.17. The summed E-state index contributed by atoms with van der Waals surface area (Å²) in [5, 5.41) is 21.0. The predicted octanol–water partition coefficient (Wildman–Crippen LogP) is 1.63. The molecule has 0 aliphatic carbocycles. The summed E-state index contributed by atoms with van der Waals surface area (Å²) in [4.78, 5) is 0. The zero-order valence-corrected chi connectivity index (χ0v) is 8.57. The molecule has 1 atom stereocenters. The highest BCUT2D eigenvalue weighted by molar-refractivity contribution is 5.28. The van der Waals surface area contributed by atoms with E-state index in [2.05, 4.69) is 19.2 Å². The fourth-order valence-corrected chi connectivity index (χ4v) is 1.52. The Morgan fingerprint density at radius 2 is 1.79 bits per heavy atom. The van der Waals surface area contributed by atoms with Crippen molar-refractivity contribution in [3.8, 4) is 5.75 Å². The summed E-state index contributed by atoms with van der Waals surface area (Å²) in [5.74, 6) is 0.659. The fourth-order valence-electron chi connectivity index (χ4n) is 1.52. The van der Waals surface area contributed by atoms with Gasteiger partial charge in [-0.25, -0.2) is 0 Å². The van der Waals surface area contributed by atoms with Crippen molar-refractivity contribution in [3.63, 3.8) is 0 Å². The second-order valence-electron chi connectivity index (χ2n) is 3.68. The average molecular weight is 195 g/mol. The molecule has 0 saturated carbocycles. The van der Waals surface area contributed by atoms with Gasteiger partial charge in [-0.3, -0.25) is 5.32 Å². The van der Waals surface area contributed by atoms with Gasteiger partial charge in [-0.2, -0.15) is 0 Å². The Kier molecular flexibility index (Phi) is 3.92. The van der Waals surface area contributed by atoms with E-state index in [0.29, 0.717) is 5.92 Å². The van der Waals surface area contributed by atoms with Gasteiger partial charge in [0.05, 0.1) is 6.73 Å². The van der Waals surface area contributed by atoms with Crippen LogP contribution in [0.1, 0.15) is 25.5 Å². The standard InChI is InChI=1S/C11H17NO2/c1-8(2)11(12-7-13)9-3-5-10(14)6-4-9/h3-6,8,11-14H,7H2,1-2H3. The summed E-state index contributed by atoms with van der Waals surface area (Å²) in [7, 11) is 0. The molecule has 0 aliphatic heterocycles. The maximum Gasteiger partial charge on any atom is 0.115 e. The van der Waals surface area contributed by atoms with E-state index in [1.165, 1.54) is 0 Å². The van der Waals surface area contributed by atoms with Crippen molar-refractivity contribution in [2.45, 2.75) is 19.9 Å². The van der Waals surface area contributed by atoms with E-state index in [1.54, 1.807) is 12.1 Å². The summed E-state index contributed by atoms with van der Waals surface area (Å²) in [5.41, 5.74) is 1.08. The van der Waals surface area contributed by atoms with E-state index in [9.17, 15) is 0 Å². The summed E-state index contributed by atoms with van der Waals surface area (Å²) in [6.45, 7) is 4.13. The molecular formula is C11H17NO2. The van der Waals surface area contributed by atoms with E-state index in [0.717, 1.165) is 5.56 Å². The van der Waals surface area contributed by atoms with Gasteiger partial charge in [0.1, 0.15) is 5.75 Å². The minimum atomic E-state index is -0.0380. The number of phenols is 1. The topological polar surface area (TPSA) is 52.5 Å². The van der Waals surface area contributed by atoms with Crippen LogP contribution in [0.5, 0.6) is 5.75 Å². The highest BCUT2D eigenvalue weighted by atomic mass is 16.3. The van der Waals surface area contributed by atoms with Crippen molar-refractivity contribution >= 4 is 0 Å². The lowest BCUT2D eigenvalue weighted by Gasteiger charge is -2.21. The highest BCUT2D eigenvalue weighted by Gasteiger charge is 2.13. The second kappa shape index (κ2) is 4.98. The Hall–Kier alpha value is -1.06. The molecule has 0 aromatic heterocycles. The first-order valence-corrected chi connectivity index (χ1v) is 4.78. The number of nitrogens with one attached hydrogen (secondary N) is 1. The molecule has 78 valence electrons. The van der Waals surface area contributed by atoms with Gasteiger partial charge in [0.15, 0.2) is 0 Å². The van der Waals surface area contributed by atoms with E-state index in [1.807, 2.05) is 12.1 Å². The lowest BCUT2D eigenvalue weighted by molar-refractivity contribution is 0.223. The van der Waals surface area contributed by atoms with Crippen molar-refractivity contribution in [1.29, 1.82) is 0 Å². The normalized spacial score (nSPS) is 13.1. The zero-order valence-electron chi connectivity index (χ0n) is 8.57. The van der Waals surface area contributed by atoms with E-state index < -0.39 is 0 Å². The Bertz CT molecular complexity index is 269. The monoisotopic (exact) mass is 195 g/mol. The quantitative estimate of drug-likeness (QED) is 0.640. The first-order valence-electron chi connectivity index (χ1n) is 4.78. The Labute approximate surface area is 84.4 Å². The zero-order chi connectivity index (χ0) is 10.6. The van der Waals surface area contributed by atoms with Crippen LogP contribution in [0, 0.1) is 5.92 Å². The first kappa shape index (κ1) is 11.0. The van der Waals surface area contributed by atoms with Crippen molar-refractivity contribution in [3.05, 3.63) is 29.8 Å². The van der Waals surface area contributed by atoms with Crippen LogP contribution in [0.4, 0.5) is 0 Å². The average Bonchev–Trinajstić information content (AvgIpc) is 2.15. The molecular weight excluding hydrogens is 178 g/mol. The number of hydrogen-bond acceptors (Lipinski definition) is 3. The third kappa shape index (κ3) is 2.72. The van der Waals surface area contributed by atoms with Crippen molar-refractivity contribution < 1.29 is 10.2 Å². The third-order valence-corrected chi connectivity index (χ3v) is 2.23. The molecule has 0 amide bonds. The molecule has 14 heavy (non-hydrogen) atoms. The lowest BCUT2D eigenvalue weighted by Crippen LogP contribution is -2.26. The number of aliphatic hydroxyl groups excluding tert-OH is 1. The van der Waals surface area contributed by atoms with E-state index in [4.69, 9.17) is 10.2 Å². The second-order valence-corrected chi connectivity index (χ2v) is 3.68. The summed E-state index contributed by atoms with van der Waals surface area (Å²) < 4.78 is 0. The van der Waals surface area contributed by atoms with Gasteiger partial charge in [-0.1, -0.05) is 26.0 Å². The van der Waals surface area contributed by atoms with Gasteiger partial charge in [0, 0.05) is 6.04 Å². The molecule has 0 saturated heterocycles. The number of aliphatic hydroxyl groups is 1. The van der Waals surface area contributed by atoms with Crippen LogP contribution in [-0.4, -0.2) is 16.9 Å². The largest absolute Gasteiger partial charge is 0.508 e. The molecule has 0 aliphatic rings. The van der Waals surface area contributed by atoms with Gasteiger partial charge >= 0.3 is 0 Å². The van der Waals surface area contributed by atoms with Gasteiger partial charge in [-0.05, 0) is 23.6 Å². The van der Waals surface area contributed by atoms with Crippen LogP contribution < -0.4 is 5.32 Å². The number of aromatic hydroxyl groups is 1. The number of phenolic OH excluding ortho intramolecular Hbond substituents is 1. The van der Waals surface area contributed by atoms with Crippen molar-refractivity contribution in [2.24, 2.45) is 5.92 Å². The molecule has 1 unspecified atom stereocenters. The SMILES string of the molecule is CC(C)C(NCO)c1ccc(O)cc1. The maximum atomic E-state index is 9.14. The Balaban J connectivity index is 2.82. The molecule has 0 bridgehead atoms. The van der Waals surface area contributed by atoms with Crippen LogP contribution in [-0.2, 0) is 0 Å². The lowest BCUT2D eigenvalue weighted by atomic mass is 9.96. The summed E-state index contributed by atoms with van der Waals surface area (Å²) in [6.07, 6.45) is 0.